The molecule has 0 atom stereocenters. The van der Waals surface area contributed by atoms with Gasteiger partial charge in [-0.25, -0.2) is 0 Å². The van der Waals surface area contributed by atoms with Gasteiger partial charge in [0.05, 0.1) is 12.0 Å². The van der Waals surface area contributed by atoms with Crippen LogP contribution >= 0.6 is 0 Å². The van der Waals surface area contributed by atoms with Gasteiger partial charge in [-0.15, -0.1) is 13.2 Å². The summed E-state index contributed by atoms with van der Waals surface area (Å²) in [4.78, 5) is 14.7. The summed E-state index contributed by atoms with van der Waals surface area (Å²) in [5.74, 6) is -1.80. The Hall–Kier alpha value is -4.39. The number of aromatic nitrogens is 2. The molecule has 0 spiro atoms. The summed E-state index contributed by atoms with van der Waals surface area (Å²) in [5.41, 5.74) is -0.829. The van der Waals surface area contributed by atoms with Crippen LogP contribution in [0.1, 0.15) is 17.5 Å². The molecule has 0 aliphatic carbocycles. The number of hydrogen-bond donors (Lipinski definition) is 2. The third-order valence-electron chi connectivity index (χ3n) is 5.46. The number of carboxylic acids is 1. The van der Waals surface area contributed by atoms with Crippen molar-refractivity contribution < 1.29 is 45.5 Å². The van der Waals surface area contributed by atoms with Crippen molar-refractivity contribution >= 4 is 5.97 Å². The Kier molecular flexibility index (Phi) is 7.90. The van der Waals surface area contributed by atoms with E-state index in [9.17, 15) is 31.1 Å². The average molecular weight is 551 g/mol. The standard InChI is InChI=1S/C26H19F6N3O4/c27-25(28,29)20-13-17(9-10-18(20)19-3-1-2-4-21(19)38-26(30,31)32)24-34-23(35-39-24)16-7-5-15(6-8-16)14-33-12-11-22(36)37/h1-10,13,33H,11-12,14H2,(H,36,37). The van der Waals surface area contributed by atoms with Crippen LogP contribution in [-0.2, 0) is 17.5 Å². The van der Waals surface area contributed by atoms with E-state index in [1.54, 1.807) is 24.3 Å². The Bertz CT molecular complexity index is 1450. The minimum atomic E-state index is -5.09. The number of nitrogens with one attached hydrogen (secondary N) is 1. The lowest BCUT2D eigenvalue weighted by molar-refractivity contribution is -0.274. The second kappa shape index (κ2) is 11.2. The van der Waals surface area contributed by atoms with Gasteiger partial charge in [0, 0.05) is 29.8 Å². The molecule has 0 amide bonds. The van der Waals surface area contributed by atoms with E-state index in [4.69, 9.17) is 9.63 Å². The van der Waals surface area contributed by atoms with Gasteiger partial charge >= 0.3 is 18.5 Å². The number of hydrogen-bond acceptors (Lipinski definition) is 6. The molecule has 39 heavy (non-hydrogen) atoms. The van der Waals surface area contributed by atoms with Gasteiger partial charge in [-0.05, 0) is 29.3 Å². The molecule has 7 nitrogen and oxygen atoms in total. The molecule has 4 rings (SSSR count). The number of rotatable bonds is 9. The largest absolute Gasteiger partial charge is 0.573 e. The summed E-state index contributed by atoms with van der Waals surface area (Å²) in [6.45, 7) is 0.722. The van der Waals surface area contributed by atoms with Crippen LogP contribution in [-0.4, -0.2) is 34.1 Å². The van der Waals surface area contributed by atoms with Crippen molar-refractivity contribution in [2.75, 3.05) is 6.54 Å². The van der Waals surface area contributed by atoms with Crippen molar-refractivity contribution in [1.82, 2.24) is 15.5 Å². The predicted octanol–water partition coefficient (Wildman–Crippen LogP) is 6.55. The molecule has 0 bridgehead atoms. The lowest BCUT2D eigenvalue weighted by Crippen LogP contribution is -2.18. The van der Waals surface area contributed by atoms with Crippen LogP contribution in [0.25, 0.3) is 34.0 Å². The monoisotopic (exact) mass is 551 g/mol. The number of alkyl halides is 6. The molecular weight excluding hydrogens is 532 g/mol. The maximum Gasteiger partial charge on any atom is 0.573 e. The number of carbonyl (C=O) groups is 1. The fourth-order valence-corrected chi connectivity index (χ4v) is 3.71. The normalized spacial score (nSPS) is 11.9. The second-order valence-corrected chi connectivity index (χ2v) is 8.24. The van der Waals surface area contributed by atoms with Gasteiger partial charge in [0.2, 0.25) is 5.82 Å². The van der Waals surface area contributed by atoms with E-state index < -0.39 is 40.9 Å². The van der Waals surface area contributed by atoms with Gasteiger partial charge in [0.1, 0.15) is 5.75 Å². The Labute approximate surface area is 217 Å². The summed E-state index contributed by atoms with van der Waals surface area (Å²) < 4.78 is 89.6. The van der Waals surface area contributed by atoms with Crippen molar-refractivity contribution in [2.45, 2.75) is 25.5 Å². The molecular formula is C26H19F6N3O4. The van der Waals surface area contributed by atoms with Crippen LogP contribution in [0.5, 0.6) is 5.75 Å². The minimum Gasteiger partial charge on any atom is -0.481 e. The molecule has 4 aromatic rings. The minimum absolute atomic E-state index is 0.0192. The van der Waals surface area contributed by atoms with Gasteiger partial charge in [-0.2, -0.15) is 18.2 Å². The molecule has 0 saturated heterocycles. The van der Waals surface area contributed by atoms with Crippen LogP contribution in [0.3, 0.4) is 0 Å². The van der Waals surface area contributed by atoms with Gasteiger partial charge in [0.25, 0.3) is 5.89 Å². The van der Waals surface area contributed by atoms with Crippen LogP contribution in [0.4, 0.5) is 26.3 Å². The molecule has 1 heterocycles. The summed E-state index contributed by atoms with van der Waals surface area (Å²) in [6, 6.07) is 14.4. The molecule has 0 unspecified atom stereocenters. The van der Waals surface area contributed by atoms with Crippen LogP contribution in [0.2, 0.25) is 0 Å². The van der Waals surface area contributed by atoms with Crippen molar-refractivity contribution in [3.05, 3.63) is 77.9 Å². The Morgan fingerprint density at radius 3 is 2.28 bits per heavy atom. The quantitative estimate of drug-likeness (QED) is 0.180. The van der Waals surface area contributed by atoms with E-state index in [1.807, 2.05) is 0 Å². The summed E-state index contributed by atoms with van der Waals surface area (Å²) >= 11 is 0. The van der Waals surface area contributed by atoms with E-state index >= 15 is 0 Å². The van der Waals surface area contributed by atoms with Crippen molar-refractivity contribution in [2.24, 2.45) is 0 Å². The molecule has 0 fully saturated rings. The number of benzene rings is 3. The number of ether oxygens (including phenoxy) is 1. The highest BCUT2D eigenvalue weighted by atomic mass is 19.4. The Morgan fingerprint density at radius 1 is 0.923 bits per heavy atom. The topological polar surface area (TPSA) is 97.5 Å². The Morgan fingerprint density at radius 2 is 1.62 bits per heavy atom. The summed E-state index contributed by atoms with van der Waals surface area (Å²) in [7, 11) is 0. The number of carboxylic acid groups (broad SMARTS) is 1. The SMILES string of the molecule is O=C(O)CCNCc1ccc(-c2noc(-c3ccc(-c4ccccc4OC(F)(F)F)c(C(F)(F)F)c3)n2)cc1. The summed E-state index contributed by atoms with van der Waals surface area (Å²) in [5, 5.41) is 15.5. The lowest BCUT2D eigenvalue weighted by atomic mass is 9.96. The third-order valence-corrected chi connectivity index (χ3v) is 5.46. The molecule has 0 radical (unpaired) electrons. The molecule has 1 aromatic heterocycles. The first-order valence-electron chi connectivity index (χ1n) is 11.3. The number of halogens is 6. The maximum atomic E-state index is 14.0. The highest BCUT2D eigenvalue weighted by molar-refractivity contribution is 5.76. The average Bonchev–Trinajstić information content (AvgIpc) is 3.36. The molecule has 0 aliphatic heterocycles. The molecule has 0 aliphatic rings. The number of nitrogens with zero attached hydrogens (tertiary/aromatic N) is 2. The smallest absolute Gasteiger partial charge is 0.481 e. The van der Waals surface area contributed by atoms with E-state index in [0.717, 1.165) is 29.8 Å². The molecule has 2 N–H and O–H groups in total. The zero-order valence-corrected chi connectivity index (χ0v) is 19.8. The first-order valence-corrected chi connectivity index (χ1v) is 11.3. The number of para-hydroxylation sites is 1. The van der Waals surface area contributed by atoms with Gasteiger partial charge in [-0.1, -0.05) is 53.7 Å². The predicted molar refractivity (Wildman–Crippen MR) is 126 cm³/mol. The molecule has 0 saturated carbocycles. The van der Waals surface area contributed by atoms with Crippen LogP contribution < -0.4 is 10.1 Å². The molecule has 3 aromatic carbocycles. The highest BCUT2D eigenvalue weighted by Crippen LogP contribution is 2.43. The van der Waals surface area contributed by atoms with Gasteiger partial charge in [0.15, 0.2) is 0 Å². The van der Waals surface area contributed by atoms with E-state index in [-0.39, 0.29) is 23.7 Å². The maximum absolute atomic E-state index is 14.0. The molecule has 13 heteroatoms. The first kappa shape index (κ1) is 27.6. The fourth-order valence-electron chi connectivity index (χ4n) is 3.71. The molecule has 204 valence electrons. The summed E-state index contributed by atoms with van der Waals surface area (Å²) in [6.07, 6.45) is -10.0. The second-order valence-electron chi connectivity index (χ2n) is 8.24. The van der Waals surface area contributed by atoms with E-state index in [2.05, 4.69) is 20.2 Å². The van der Waals surface area contributed by atoms with E-state index in [1.165, 1.54) is 18.2 Å². The van der Waals surface area contributed by atoms with Crippen LogP contribution in [0, 0.1) is 0 Å². The first-order chi connectivity index (χ1) is 18.4. The fraction of sp³-hybridized carbons (Fsp3) is 0.192. The van der Waals surface area contributed by atoms with Gasteiger partial charge in [-0.3, -0.25) is 4.79 Å². The zero-order chi connectivity index (χ0) is 28.2. The number of aliphatic carboxylic acids is 1. The lowest BCUT2D eigenvalue weighted by Gasteiger charge is -2.17. The van der Waals surface area contributed by atoms with Crippen molar-refractivity contribution in [3.8, 4) is 39.7 Å². The Balaban J connectivity index is 1.60. The third kappa shape index (κ3) is 7.13. The van der Waals surface area contributed by atoms with Crippen molar-refractivity contribution in [3.63, 3.8) is 0 Å². The van der Waals surface area contributed by atoms with Gasteiger partial charge < -0.3 is 19.7 Å². The van der Waals surface area contributed by atoms with Crippen LogP contribution in [0.15, 0.2) is 71.3 Å². The zero-order valence-electron chi connectivity index (χ0n) is 19.8. The van der Waals surface area contributed by atoms with Crippen molar-refractivity contribution in [1.29, 1.82) is 0 Å². The van der Waals surface area contributed by atoms with E-state index in [0.29, 0.717) is 18.7 Å². The highest BCUT2D eigenvalue weighted by Gasteiger charge is 2.37.